The quantitative estimate of drug-likeness (QED) is 0.806. The smallest absolute Gasteiger partial charge is 0.146 e. The molecule has 1 N–H and O–H groups in total. The summed E-state index contributed by atoms with van der Waals surface area (Å²) in [7, 11) is 0. The van der Waals surface area contributed by atoms with Crippen LogP contribution in [0.25, 0.3) is 0 Å². The van der Waals surface area contributed by atoms with Crippen LogP contribution >= 0.6 is 0 Å². The average Bonchev–Trinajstić information content (AvgIpc) is 2.27. The van der Waals surface area contributed by atoms with Crippen LogP contribution in [0.2, 0.25) is 0 Å². The van der Waals surface area contributed by atoms with Gasteiger partial charge in [0.25, 0.3) is 0 Å². The summed E-state index contributed by atoms with van der Waals surface area (Å²) in [6, 6.07) is 5.84. The zero-order valence-electron chi connectivity index (χ0n) is 10.7. The molecule has 3 heteroatoms. The van der Waals surface area contributed by atoms with Gasteiger partial charge in [0.15, 0.2) is 0 Å². The first-order chi connectivity index (χ1) is 8.18. The second-order valence-electron chi connectivity index (χ2n) is 4.89. The Morgan fingerprint density at radius 1 is 1.35 bits per heavy atom. The third-order valence-electron chi connectivity index (χ3n) is 3.43. The minimum Gasteiger partial charge on any atom is -0.369 e. The minimum atomic E-state index is -0.0915. The molecule has 1 unspecified atom stereocenters. The van der Waals surface area contributed by atoms with Crippen molar-refractivity contribution in [3.05, 3.63) is 29.6 Å². The monoisotopic (exact) mass is 236 g/mol. The largest absolute Gasteiger partial charge is 0.369 e. The van der Waals surface area contributed by atoms with Gasteiger partial charge in [-0.1, -0.05) is 12.1 Å². The number of nitrogens with one attached hydrogen (secondary N) is 1. The summed E-state index contributed by atoms with van der Waals surface area (Å²) < 4.78 is 13.9. The molecule has 1 atom stereocenters. The van der Waals surface area contributed by atoms with E-state index >= 15 is 0 Å². The highest BCUT2D eigenvalue weighted by molar-refractivity contribution is 5.54. The van der Waals surface area contributed by atoms with Gasteiger partial charge in [0.05, 0.1) is 5.69 Å². The van der Waals surface area contributed by atoms with E-state index < -0.39 is 0 Å². The first-order valence-corrected chi connectivity index (χ1v) is 6.42. The molecule has 1 aromatic carbocycles. The van der Waals surface area contributed by atoms with Gasteiger partial charge in [-0.15, -0.1) is 0 Å². The summed E-state index contributed by atoms with van der Waals surface area (Å²) in [5, 5.41) is 3.47. The van der Waals surface area contributed by atoms with Crippen molar-refractivity contribution in [2.24, 2.45) is 0 Å². The Labute approximate surface area is 103 Å². The Hall–Kier alpha value is -1.09. The molecule has 1 heterocycles. The van der Waals surface area contributed by atoms with Crippen molar-refractivity contribution in [2.75, 3.05) is 24.5 Å². The molecule has 1 aromatic rings. The molecule has 0 saturated carbocycles. The Bertz CT molecular complexity index is 358. The summed E-state index contributed by atoms with van der Waals surface area (Å²) in [6.45, 7) is 7.05. The van der Waals surface area contributed by atoms with Gasteiger partial charge in [-0.25, -0.2) is 4.39 Å². The average molecular weight is 236 g/mol. The highest BCUT2D eigenvalue weighted by Gasteiger charge is 2.16. The maximum atomic E-state index is 13.9. The number of nitrogens with zero attached hydrogens (tertiary/aromatic N) is 1. The van der Waals surface area contributed by atoms with Crippen LogP contribution < -0.4 is 10.2 Å². The van der Waals surface area contributed by atoms with Gasteiger partial charge in [0.1, 0.15) is 5.82 Å². The second kappa shape index (κ2) is 5.50. The van der Waals surface area contributed by atoms with E-state index in [4.69, 9.17) is 0 Å². The van der Waals surface area contributed by atoms with Crippen molar-refractivity contribution in [2.45, 2.75) is 32.7 Å². The standard InChI is InChI=1S/C14H21FN2/c1-11-5-3-6-13(15)14(11)17-9-4-8-16-12(2)7-10-17/h3,5-6,12,16H,4,7-10H2,1-2H3. The molecule has 0 radical (unpaired) electrons. The second-order valence-corrected chi connectivity index (χ2v) is 4.89. The van der Waals surface area contributed by atoms with Crippen molar-refractivity contribution in [1.29, 1.82) is 0 Å². The Balaban J connectivity index is 2.19. The zero-order chi connectivity index (χ0) is 12.3. The van der Waals surface area contributed by atoms with E-state index in [2.05, 4.69) is 17.1 Å². The van der Waals surface area contributed by atoms with E-state index in [-0.39, 0.29) is 5.82 Å². The molecule has 1 aliphatic heterocycles. The third-order valence-corrected chi connectivity index (χ3v) is 3.43. The van der Waals surface area contributed by atoms with Crippen molar-refractivity contribution in [3.63, 3.8) is 0 Å². The molecule has 2 nitrogen and oxygen atoms in total. The van der Waals surface area contributed by atoms with Gasteiger partial charge in [-0.05, 0) is 44.9 Å². The summed E-state index contributed by atoms with van der Waals surface area (Å²) in [6.07, 6.45) is 2.13. The van der Waals surface area contributed by atoms with Crippen LogP contribution in [0.1, 0.15) is 25.3 Å². The van der Waals surface area contributed by atoms with Gasteiger partial charge in [0.2, 0.25) is 0 Å². The van der Waals surface area contributed by atoms with Gasteiger partial charge in [-0.2, -0.15) is 0 Å². The number of rotatable bonds is 1. The van der Waals surface area contributed by atoms with Crippen LogP contribution in [-0.2, 0) is 0 Å². The summed E-state index contributed by atoms with van der Waals surface area (Å²) in [5.74, 6) is -0.0915. The van der Waals surface area contributed by atoms with Crippen LogP contribution in [0.3, 0.4) is 0 Å². The molecule has 0 spiro atoms. The summed E-state index contributed by atoms with van der Waals surface area (Å²) in [5.41, 5.74) is 1.83. The van der Waals surface area contributed by atoms with Crippen LogP contribution in [-0.4, -0.2) is 25.7 Å². The Morgan fingerprint density at radius 2 is 2.18 bits per heavy atom. The van der Waals surface area contributed by atoms with E-state index in [1.807, 2.05) is 13.0 Å². The van der Waals surface area contributed by atoms with E-state index in [1.165, 1.54) is 0 Å². The fraction of sp³-hybridized carbons (Fsp3) is 0.571. The molecule has 0 aliphatic carbocycles. The molecule has 0 amide bonds. The normalized spacial score (nSPS) is 22.1. The molecule has 17 heavy (non-hydrogen) atoms. The van der Waals surface area contributed by atoms with Crippen LogP contribution in [0.5, 0.6) is 0 Å². The molecular weight excluding hydrogens is 215 g/mol. The number of anilines is 1. The Morgan fingerprint density at radius 3 is 2.94 bits per heavy atom. The first-order valence-electron chi connectivity index (χ1n) is 6.42. The van der Waals surface area contributed by atoms with Crippen LogP contribution in [0, 0.1) is 12.7 Å². The number of para-hydroxylation sites is 1. The van der Waals surface area contributed by atoms with E-state index in [0.29, 0.717) is 6.04 Å². The number of hydrogen-bond acceptors (Lipinski definition) is 2. The lowest BCUT2D eigenvalue weighted by Crippen LogP contribution is -2.39. The maximum Gasteiger partial charge on any atom is 0.146 e. The van der Waals surface area contributed by atoms with Gasteiger partial charge < -0.3 is 10.2 Å². The molecule has 0 aromatic heterocycles. The number of aryl methyl sites for hydroxylation is 1. The maximum absolute atomic E-state index is 13.9. The van der Waals surface area contributed by atoms with E-state index in [0.717, 1.165) is 43.7 Å². The van der Waals surface area contributed by atoms with Crippen molar-refractivity contribution < 1.29 is 4.39 Å². The fourth-order valence-corrected chi connectivity index (χ4v) is 2.43. The van der Waals surface area contributed by atoms with Gasteiger partial charge in [0, 0.05) is 19.1 Å². The number of halogens is 1. The molecule has 1 fully saturated rings. The lowest BCUT2D eigenvalue weighted by molar-refractivity contribution is 0.471. The molecule has 94 valence electrons. The topological polar surface area (TPSA) is 15.3 Å². The fourth-order valence-electron chi connectivity index (χ4n) is 2.43. The van der Waals surface area contributed by atoms with Crippen LogP contribution in [0.4, 0.5) is 10.1 Å². The van der Waals surface area contributed by atoms with Crippen molar-refractivity contribution in [3.8, 4) is 0 Å². The first kappa shape index (κ1) is 12.4. The molecular formula is C14H21FN2. The molecule has 1 saturated heterocycles. The van der Waals surface area contributed by atoms with Gasteiger partial charge >= 0.3 is 0 Å². The van der Waals surface area contributed by atoms with E-state index in [9.17, 15) is 4.39 Å². The predicted molar refractivity (Wildman–Crippen MR) is 70.0 cm³/mol. The van der Waals surface area contributed by atoms with Crippen molar-refractivity contribution in [1.82, 2.24) is 5.32 Å². The lowest BCUT2D eigenvalue weighted by Gasteiger charge is -2.30. The summed E-state index contributed by atoms with van der Waals surface area (Å²) in [4.78, 5) is 2.20. The van der Waals surface area contributed by atoms with Crippen LogP contribution in [0.15, 0.2) is 18.2 Å². The third kappa shape index (κ3) is 2.97. The zero-order valence-corrected chi connectivity index (χ0v) is 10.7. The molecule has 2 rings (SSSR count). The summed E-state index contributed by atoms with van der Waals surface area (Å²) >= 11 is 0. The number of benzene rings is 1. The number of hydrogen-bond donors (Lipinski definition) is 1. The van der Waals surface area contributed by atoms with E-state index in [1.54, 1.807) is 12.1 Å². The Kier molecular flexibility index (Phi) is 4.00. The van der Waals surface area contributed by atoms with Crippen molar-refractivity contribution >= 4 is 5.69 Å². The highest BCUT2D eigenvalue weighted by Crippen LogP contribution is 2.24. The minimum absolute atomic E-state index is 0.0915. The molecule has 1 aliphatic rings. The molecule has 0 bridgehead atoms. The lowest BCUT2D eigenvalue weighted by atomic mass is 10.1. The highest BCUT2D eigenvalue weighted by atomic mass is 19.1. The predicted octanol–water partition coefficient (Wildman–Crippen LogP) is 2.71. The SMILES string of the molecule is Cc1cccc(F)c1N1CCCNC(C)CC1. The van der Waals surface area contributed by atoms with Gasteiger partial charge in [-0.3, -0.25) is 0 Å².